The Morgan fingerprint density at radius 1 is 1.14 bits per heavy atom. The number of carbonyl (C=O) groups is 1. The van der Waals surface area contributed by atoms with Gasteiger partial charge in [0.1, 0.15) is 11.9 Å². The standard InChI is InChI=1S/C29H37ClN2O3/c1-4-15-34-25-8-6-21(17-24(25)30)20-5-7-23-22(16-20)9-12-29(2,3)27(23)31-28(33)35-26-18-32-13-10-19(26)11-14-32/h5-8,16-17,19,26-27H,4,9-15,18H2,1-3H3,(H,31,33)/t26-,27?/m0/s1. The maximum Gasteiger partial charge on any atom is 0.407 e. The molecular formula is C29H37ClN2O3. The highest BCUT2D eigenvalue weighted by atomic mass is 35.5. The van der Waals surface area contributed by atoms with Crippen molar-refractivity contribution in [1.29, 1.82) is 0 Å². The molecule has 0 radical (unpaired) electrons. The Labute approximate surface area is 214 Å². The van der Waals surface area contributed by atoms with E-state index < -0.39 is 0 Å². The van der Waals surface area contributed by atoms with Gasteiger partial charge >= 0.3 is 6.09 Å². The van der Waals surface area contributed by atoms with E-state index in [1.807, 2.05) is 12.1 Å². The van der Waals surface area contributed by atoms with Crippen molar-refractivity contribution in [2.24, 2.45) is 11.3 Å². The molecule has 6 heteroatoms. The zero-order valence-electron chi connectivity index (χ0n) is 21.1. The summed E-state index contributed by atoms with van der Waals surface area (Å²) in [5.74, 6) is 1.23. The lowest BCUT2D eigenvalue weighted by Gasteiger charge is -2.44. The van der Waals surface area contributed by atoms with E-state index >= 15 is 0 Å². The van der Waals surface area contributed by atoms with Crippen molar-refractivity contribution in [1.82, 2.24) is 10.2 Å². The highest BCUT2D eigenvalue weighted by Gasteiger charge is 2.40. The molecule has 2 atom stereocenters. The summed E-state index contributed by atoms with van der Waals surface area (Å²) in [7, 11) is 0. The molecule has 3 heterocycles. The van der Waals surface area contributed by atoms with Crippen molar-refractivity contribution in [2.45, 2.75) is 65.0 Å². The molecule has 1 unspecified atom stereocenters. The second-order valence-corrected chi connectivity index (χ2v) is 11.5. The van der Waals surface area contributed by atoms with E-state index in [1.165, 1.54) is 11.1 Å². The first-order chi connectivity index (χ1) is 16.8. The van der Waals surface area contributed by atoms with Crippen LogP contribution in [0.25, 0.3) is 11.1 Å². The molecule has 188 valence electrons. The van der Waals surface area contributed by atoms with Crippen LogP contribution in [0.4, 0.5) is 4.79 Å². The number of nitrogens with zero attached hydrogens (tertiary/aromatic N) is 1. The molecule has 1 amide bonds. The SMILES string of the molecule is CCCOc1ccc(-c2ccc3c(c2)CCC(C)(C)C3NC(=O)O[C@H]2CN3CCC2CC3)cc1Cl. The summed E-state index contributed by atoms with van der Waals surface area (Å²) in [4.78, 5) is 15.4. The van der Waals surface area contributed by atoms with Gasteiger partial charge in [0.15, 0.2) is 0 Å². The number of halogens is 1. The first kappa shape index (κ1) is 24.5. The number of benzene rings is 2. The van der Waals surface area contributed by atoms with Crippen LogP contribution in [-0.2, 0) is 11.2 Å². The topological polar surface area (TPSA) is 50.8 Å². The first-order valence-corrected chi connectivity index (χ1v) is 13.5. The van der Waals surface area contributed by atoms with Gasteiger partial charge in [0.05, 0.1) is 17.7 Å². The van der Waals surface area contributed by atoms with Gasteiger partial charge in [-0.3, -0.25) is 4.90 Å². The number of rotatable bonds is 6. The predicted octanol–water partition coefficient (Wildman–Crippen LogP) is 6.63. The fraction of sp³-hybridized carbons (Fsp3) is 0.552. The van der Waals surface area contributed by atoms with Crippen molar-refractivity contribution in [3.05, 3.63) is 52.5 Å². The molecule has 0 saturated carbocycles. The number of hydrogen-bond acceptors (Lipinski definition) is 4. The van der Waals surface area contributed by atoms with E-state index in [2.05, 4.69) is 55.3 Å². The normalized spacial score (nSPS) is 26.6. The van der Waals surface area contributed by atoms with Crippen molar-refractivity contribution in [3.63, 3.8) is 0 Å². The molecule has 5 nitrogen and oxygen atoms in total. The van der Waals surface area contributed by atoms with Gasteiger partial charge in [0, 0.05) is 6.54 Å². The predicted molar refractivity (Wildman–Crippen MR) is 140 cm³/mol. The number of carbonyl (C=O) groups excluding carboxylic acids is 1. The van der Waals surface area contributed by atoms with Crippen LogP contribution in [-0.4, -0.2) is 43.3 Å². The van der Waals surface area contributed by atoms with Crippen LogP contribution >= 0.6 is 11.6 Å². The van der Waals surface area contributed by atoms with Gasteiger partial charge in [-0.05, 0) is 90.9 Å². The third-order valence-electron chi connectivity index (χ3n) is 8.12. The van der Waals surface area contributed by atoms with E-state index in [-0.39, 0.29) is 23.7 Å². The Kier molecular flexibility index (Phi) is 7.00. The lowest BCUT2D eigenvalue weighted by atomic mass is 9.70. The third kappa shape index (κ3) is 5.17. The summed E-state index contributed by atoms with van der Waals surface area (Å²) in [6, 6.07) is 12.4. The number of nitrogens with one attached hydrogen (secondary N) is 1. The van der Waals surface area contributed by atoms with Crippen LogP contribution in [0, 0.1) is 11.3 Å². The van der Waals surface area contributed by atoms with Gasteiger partial charge in [-0.15, -0.1) is 0 Å². The minimum absolute atomic E-state index is 0.0140. The minimum atomic E-state index is -0.284. The van der Waals surface area contributed by atoms with Gasteiger partial charge in [-0.2, -0.15) is 0 Å². The largest absolute Gasteiger partial charge is 0.492 e. The Bertz CT molecular complexity index is 1080. The number of amides is 1. The molecule has 1 aliphatic carbocycles. The summed E-state index contributed by atoms with van der Waals surface area (Å²) in [5.41, 5.74) is 4.60. The van der Waals surface area contributed by atoms with E-state index in [9.17, 15) is 4.79 Å². The minimum Gasteiger partial charge on any atom is -0.492 e. The average molecular weight is 497 g/mol. The lowest BCUT2D eigenvalue weighted by Crippen LogP contribution is -2.53. The Balaban J connectivity index is 1.33. The third-order valence-corrected chi connectivity index (χ3v) is 8.41. The maximum absolute atomic E-state index is 13.0. The van der Waals surface area contributed by atoms with E-state index in [0.717, 1.165) is 68.6 Å². The molecule has 35 heavy (non-hydrogen) atoms. The summed E-state index contributed by atoms with van der Waals surface area (Å²) in [5, 5.41) is 3.88. The molecule has 6 rings (SSSR count). The van der Waals surface area contributed by atoms with Crippen LogP contribution in [0.2, 0.25) is 5.02 Å². The highest BCUT2D eigenvalue weighted by Crippen LogP contribution is 2.45. The fourth-order valence-electron chi connectivity index (χ4n) is 5.92. The molecule has 3 aliphatic heterocycles. The van der Waals surface area contributed by atoms with E-state index in [4.69, 9.17) is 21.1 Å². The number of hydrogen-bond donors (Lipinski definition) is 1. The second kappa shape index (κ2) is 10.0. The molecule has 0 spiro atoms. The van der Waals surface area contributed by atoms with Crippen LogP contribution in [0.5, 0.6) is 5.75 Å². The summed E-state index contributed by atoms with van der Waals surface area (Å²) in [6.45, 7) is 10.3. The number of alkyl carbamates (subject to hydrolysis) is 1. The molecular weight excluding hydrogens is 460 g/mol. The summed E-state index contributed by atoms with van der Waals surface area (Å²) < 4.78 is 11.7. The number of aryl methyl sites for hydroxylation is 1. The van der Waals surface area contributed by atoms with Crippen LogP contribution < -0.4 is 10.1 Å². The van der Waals surface area contributed by atoms with Crippen molar-refractivity contribution in [3.8, 4) is 16.9 Å². The Morgan fingerprint density at radius 2 is 1.89 bits per heavy atom. The number of fused-ring (bicyclic) bond motifs is 4. The molecule has 1 N–H and O–H groups in total. The van der Waals surface area contributed by atoms with Gasteiger partial charge in [-0.1, -0.05) is 56.6 Å². The van der Waals surface area contributed by atoms with Crippen LogP contribution in [0.3, 0.4) is 0 Å². The van der Waals surface area contributed by atoms with Gasteiger partial charge in [0.2, 0.25) is 0 Å². The first-order valence-electron chi connectivity index (χ1n) is 13.1. The average Bonchev–Trinajstić information content (AvgIpc) is 2.85. The summed E-state index contributed by atoms with van der Waals surface area (Å²) >= 11 is 6.49. The number of piperidine rings is 3. The molecule has 2 aromatic carbocycles. The van der Waals surface area contributed by atoms with Crippen molar-refractivity contribution in [2.75, 3.05) is 26.2 Å². The van der Waals surface area contributed by atoms with Crippen molar-refractivity contribution >= 4 is 17.7 Å². The number of ether oxygens (including phenoxy) is 2. The van der Waals surface area contributed by atoms with Gasteiger partial charge in [0.25, 0.3) is 0 Å². The molecule has 3 saturated heterocycles. The lowest BCUT2D eigenvalue weighted by molar-refractivity contribution is -0.0353. The quantitative estimate of drug-likeness (QED) is 0.487. The second-order valence-electron chi connectivity index (χ2n) is 11.1. The smallest absolute Gasteiger partial charge is 0.407 e. The molecule has 4 aliphatic rings. The molecule has 2 bridgehead atoms. The monoisotopic (exact) mass is 496 g/mol. The van der Waals surface area contributed by atoms with Gasteiger partial charge in [-0.25, -0.2) is 4.79 Å². The van der Waals surface area contributed by atoms with Crippen LogP contribution in [0.1, 0.15) is 63.6 Å². The maximum atomic E-state index is 13.0. The zero-order valence-corrected chi connectivity index (χ0v) is 21.9. The molecule has 0 aromatic heterocycles. The van der Waals surface area contributed by atoms with Crippen molar-refractivity contribution < 1.29 is 14.3 Å². The summed E-state index contributed by atoms with van der Waals surface area (Å²) in [6.07, 6.45) is 4.92. The van der Waals surface area contributed by atoms with E-state index in [1.54, 1.807) is 0 Å². The van der Waals surface area contributed by atoms with E-state index in [0.29, 0.717) is 17.5 Å². The fourth-order valence-corrected chi connectivity index (χ4v) is 6.16. The molecule has 2 aromatic rings. The highest BCUT2D eigenvalue weighted by molar-refractivity contribution is 6.32. The van der Waals surface area contributed by atoms with Crippen LogP contribution in [0.15, 0.2) is 36.4 Å². The molecule has 3 fully saturated rings. The Hall–Kier alpha value is -2.24. The van der Waals surface area contributed by atoms with Gasteiger partial charge < -0.3 is 14.8 Å². The Morgan fingerprint density at radius 3 is 2.57 bits per heavy atom. The zero-order chi connectivity index (χ0) is 24.6.